The van der Waals surface area contributed by atoms with Crippen molar-refractivity contribution in [2.24, 2.45) is 17.6 Å². The fourth-order valence-electron chi connectivity index (χ4n) is 6.00. The molecule has 184 valence electrons. The zero-order valence-electron chi connectivity index (χ0n) is 20.3. The molecule has 0 saturated carbocycles. The lowest BCUT2D eigenvalue weighted by Gasteiger charge is -2.38. The first-order valence-electron chi connectivity index (χ1n) is 12.7. The summed E-state index contributed by atoms with van der Waals surface area (Å²) < 4.78 is 0.990. The van der Waals surface area contributed by atoms with Gasteiger partial charge in [0.05, 0.1) is 5.69 Å². The number of carbonyl (C=O) groups excluding carboxylic acids is 2. The Morgan fingerprint density at radius 2 is 1.69 bits per heavy atom. The number of nitrogens with two attached hydrogens (primary N) is 1. The van der Waals surface area contributed by atoms with Crippen LogP contribution in [0.4, 0.5) is 4.79 Å². The van der Waals surface area contributed by atoms with Crippen molar-refractivity contribution in [2.75, 3.05) is 26.2 Å². The number of pyridine rings is 1. The van der Waals surface area contributed by atoms with Crippen LogP contribution in [-0.4, -0.2) is 52.9 Å². The first kappa shape index (κ1) is 24.0. The van der Waals surface area contributed by atoms with Crippen LogP contribution in [0.2, 0.25) is 0 Å². The number of hydrogen-bond donors (Lipinski definition) is 1. The maximum absolute atomic E-state index is 13.1. The molecule has 1 aromatic carbocycles. The SMILES string of the molecule is Cc1ccc2c(c1)C=Cc1cc(Br)cnc1C2C1CCN(C(=O)CC2CCN(C(N)=O)CC2)CC1. The van der Waals surface area contributed by atoms with Gasteiger partial charge in [0.25, 0.3) is 0 Å². The number of urea groups is 1. The summed E-state index contributed by atoms with van der Waals surface area (Å²) in [5, 5.41) is 0. The highest BCUT2D eigenvalue weighted by atomic mass is 79.9. The fraction of sp³-hybridized carbons (Fsp3) is 0.464. The molecule has 1 atom stereocenters. The molecule has 3 aliphatic rings. The highest BCUT2D eigenvalue weighted by Gasteiger charge is 2.35. The Kier molecular flexibility index (Phi) is 6.96. The topological polar surface area (TPSA) is 79.5 Å². The predicted molar refractivity (Wildman–Crippen MR) is 142 cm³/mol. The van der Waals surface area contributed by atoms with E-state index in [1.807, 2.05) is 6.20 Å². The molecule has 6 nitrogen and oxygen atoms in total. The molecule has 1 aromatic heterocycles. The second kappa shape index (κ2) is 10.1. The van der Waals surface area contributed by atoms with E-state index in [1.54, 1.807) is 4.90 Å². The molecule has 2 fully saturated rings. The first-order chi connectivity index (χ1) is 16.9. The Hall–Kier alpha value is -2.67. The van der Waals surface area contributed by atoms with Gasteiger partial charge in [-0.15, -0.1) is 0 Å². The van der Waals surface area contributed by atoms with E-state index >= 15 is 0 Å². The van der Waals surface area contributed by atoms with Crippen LogP contribution in [0.1, 0.15) is 66.0 Å². The maximum Gasteiger partial charge on any atom is 0.314 e. The van der Waals surface area contributed by atoms with Crippen molar-refractivity contribution in [1.82, 2.24) is 14.8 Å². The van der Waals surface area contributed by atoms with Gasteiger partial charge in [-0.25, -0.2) is 4.79 Å². The van der Waals surface area contributed by atoms with Crippen LogP contribution in [0.15, 0.2) is 34.9 Å². The standard InChI is InChI=1S/C28H33BrN4O2/c1-18-2-5-24-21(14-18)3-4-22-16-23(29)17-31-27(22)26(24)20-8-12-32(13-9-20)25(34)15-19-6-10-33(11-7-19)28(30)35/h2-5,14,16-17,19-20,26H,6-13,15H2,1H3,(H2,30,35). The summed E-state index contributed by atoms with van der Waals surface area (Å²) in [5.74, 6) is 1.25. The number of benzene rings is 1. The third-order valence-corrected chi connectivity index (χ3v) is 8.42. The third kappa shape index (κ3) is 5.15. The fourth-order valence-corrected chi connectivity index (χ4v) is 6.35. The molecule has 0 radical (unpaired) electrons. The van der Waals surface area contributed by atoms with Crippen molar-refractivity contribution < 1.29 is 9.59 Å². The van der Waals surface area contributed by atoms with Gasteiger partial charge >= 0.3 is 6.03 Å². The highest BCUT2D eigenvalue weighted by molar-refractivity contribution is 9.10. The number of fused-ring (bicyclic) bond motifs is 2. The monoisotopic (exact) mass is 536 g/mol. The molecule has 2 saturated heterocycles. The summed E-state index contributed by atoms with van der Waals surface area (Å²) >= 11 is 3.59. The number of primary amides is 1. The molecule has 3 heterocycles. The summed E-state index contributed by atoms with van der Waals surface area (Å²) in [6, 6.07) is 8.54. The minimum Gasteiger partial charge on any atom is -0.351 e. The smallest absolute Gasteiger partial charge is 0.314 e. The molecular weight excluding hydrogens is 504 g/mol. The zero-order chi connectivity index (χ0) is 24.5. The molecule has 7 heteroatoms. The maximum atomic E-state index is 13.1. The quantitative estimate of drug-likeness (QED) is 0.586. The number of halogens is 1. The largest absolute Gasteiger partial charge is 0.351 e. The van der Waals surface area contributed by atoms with Gasteiger partial charge in [-0.1, -0.05) is 35.9 Å². The van der Waals surface area contributed by atoms with Crippen LogP contribution < -0.4 is 5.73 Å². The second-order valence-electron chi connectivity index (χ2n) is 10.3. The molecule has 5 rings (SSSR count). The van der Waals surface area contributed by atoms with Gasteiger partial charge in [-0.2, -0.15) is 0 Å². The van der Waals surface area contributed by atoms with E-state index in [4.69, 9.17) is 10.7 Å². The van der Waals surface area contributed by atoms with E-state index in [0.29, 0.717) is 31.3 Å². The van der Waals surface area contributed by atoms with Crippen molar-refractivity contribution in [3.63, 3.8) is 0 Å². The van der Waals surface area contributed by atoms with Crippen molar-refractivity contribution in [2.45, 2.75) is 44.9 Å². The molecule has 3 amide bonds. The van der Waals surface area contributed by atoms with Gasteiger partial charge in [-0.3, -0.25) is 9.78 Å². The van der Waals surface area contributed by atoms with Crippen molar-refractivity contribution >= 4 is 40.0 Å². The minimum absolute atomic E-state index is 0.221. The highest BCUT2D eigenvalue weighted by Crippen LogP contribution is 2.43. The first-order valence-corrected chi connectivity index (χ1v) is 13.4. The number of piperidine rings is 2. The van der Waals surface area contributed by atoms with Gasteiger partial charge in [0.2, 0.25) is 5.91 Å². The number of nitrogens with zero attached hydrogens (tertiary/aromatic N) is 3. The molecule has 1 aliphatic carbocycles. The average Bonchev–Trinajstić information content (AvgIpc) is 3.00. The number of likely N-dealkylation sites (tertiary alicyclic amines) is 2. The van der Waals surface area contributed by atoms with E-state index in [1.165, 1.54) is 22.3 Å². The van der Waals surface area contributed by atoms with Gasteiger partial charge < -0.3 is 15.5 Å². The van der Waals surface area contributed by atoms with Crippen LogP contribution in [0.3, 0.4) is 0 Å². The van der Waals surface area contributed by atoms with Crippen molar-refractivity contribution in [3.05, 3.63) is 62.9 Å². The zero-order valence-corrected chi connectivity index (χ0v) is 21.8. The molecule has 1 unspecified atom stereocenters. The van der Waals surface area contributed by atoms with Gasteiger partial charge in [-0.05, 0) is 83.1 Å². The van der Waals surface area contributed by atoms with E-state index in [2.05, 4.69) is 64.2 Å². The lowest BCUT2D eigenvalue weighted by atomic mass is 9.76. The van der Waals surface area contributed by atoms with E-state index in [-0.39, 0.29) is 17.9 Å². The molecule has 0 spiro atoms. The Balaban J connectivity index is 1.28. The Bertz CT molecular complexity index is 1090. The Morgan fingerprint density at radius 1 is 1.00 bits per heavy atom. The summed E-state index contributed by atoms with van der Waals surface area (Å²) in [4.78, 5) is 33.1. The number of hydrogen-bond acceptors (Lipinski definition) is 3. The molecule has 2 N–H and O–H groups in total. The number of rotatable bonds is 3. The van der Waals surface area contributed by atoms with Crippen LogP contribution in [0.5, 0.6) is 0 Å². The van der Waals surface area contributed by atoms with E-state index < -0.39 is 0 Å². The third-order valence-electron chi connectivity index (χ3n) is 7.98. The van der Waals surface area contributed by atoms with Crippen LogP contribution >= 0.6 is 15.9 Å². The Morgan fingerprint density at radius 3 is 2.40 bits per heavy atom. The van der Waals surface area contributed by atoms with Gasteiger partial charge in [0, 0.05) is 49.2 Å². The molecule has 2 aromatic rings. The number of amides is 3. The van der Waals surface area contributed by atoms with E-state index in [9.17, 15) is 9.59 Å². The molecular formula is C28H33BrN4O2. The summed E-state index contributed by atoms with van der Waals surface area (Å²) in [6.07, 6.45) is 10.5. The molecule has 2 aliphatic heterocycles. The predicted octanol–water partition coefficient (Wildman–Crippen LogP) is 5.19. The van der Waals surface area contributed by atoms with Crippen LogP contribution in [0.25, 0.3) is 12.2 Å². The van der Waals surface area contributed by atoms with E-state index in [0.717, 1.165) is 48.9 Å². The van der Waals surface area contributed by atoms with Crippen LogP contribution in [0, 0.1) is 18.8 Å². The molecule has 0 bridgehead atoms. The second-order valence-corrected chi connectivity index (χ2v) is 11.2. The summed E-state index contributed by atoms with van der Waals surface area (Å²) in [6.45, 7) is 5.04. The van der Waals surface area contributed by atoms with Gasteiger partial charge in [0.15, 0.2) is 0 Å². The number of aromatic nitrogens is 1. The number of carbonyl (C=O) groups is 2. The minimum atomic E-state index is -0.356. The van der Waals surface area contributed by atoms with Crippen molar-refractivity contribution in [3.8, 4) is 0 Å². The lowest BCUT2D eigenvalue weighted by Crippen LogP contribution is -2.44. The Labute approximate surface area is 215 Å². The summed E-state index contributed by atoms with van der Waals surface area (Å²) in [7, 11) is 0. The van der Waals surface area contributed by atoms with Crippen molar-refractivity contribution in [1.29, 1.82) is 0 Å². The number of aryl methyl sites for hydroxylation is 1. The molecule has 35 heavy (non-hydrogen) atoms. The normalized spacial score (nSPS) is 20.8. The average molecular weight is 538 g/mol. The van der Waals surface area contributed by atoms with Gasteiger partial charge in [0.1, 0.15) is 0 Å². The summed E-state index contributed by atoms with van der Waals surface area (Å²) in [5.41, 5.74) is 11.6. The van der Waals surface area contributed by atoms with Crippen LogP contribution in [-0.2, 0) is 4.79 Å². The lowest BCUT2D eigenvalue weighted by molar-refractivity contribution is -0.134.